The van der Waals surface area contributed by atoms with Crippen LogP contribution in [0.15, 0.2) is 29.2 Å². The van der Waals surface area contributed by atoms with Gasteiger partial charge in [0.15, 0.2) is 0 Å². The number of hydrogen-bond donors (Lipinski definition) is 1. The van der Waals surface area contributed by atoms with Gasteiger partial charge in [-0.25, -0.2) is 13.1 Å². The third-order valence-electron chi connectivity index (χ3n) is 3.52. The number of carbonyl (C=O) groups is 1. The van der Waals surface area contributed by atoms with Crippen molar-refractivity contribution in [1.82, 2.24) is 9.62 Å². The van der Waals surface area contributed by atoms with Gasteiger partial charge in [-0.05, 0) is 23.6 Å². The maximum atomic E-state index is 12.2. The lowest BCUT2D eigenvalue weighted by Crippen LogP contribution is -2.36. The highest BCUT2D eigenvalue weighted by molar-refractivity contribution is 7.89. The Morgan fingerprint density at radius 1 is 1.25 bits per heavy atom. The van der Waals surface area contributed by atoms with Gasteiger partial charge in [-0.15, -0.1) is 0 Å². The van der Waals surface area contributed by atoms with Crippen molar-refractivity contribution in [2.45, 2.75) is 37.1 Å². The predicted molar refractivity (Wildman–Crippen MR) is 76.9 cm³/mol. The Labute approximate surface area is 120 Å². The molecule has 1 aromatic carbocycles. The number of likely N-dealkylation sites (tertiary alicyclic amines) is 1. The fraction of sp³-hybridized carbons (Fsp3) is 0.500. The van der Waals surface area contributed by atoms with Crippen molar-refractivity contribution >= 4 is 15.9 Å². The summed E-state index contributed by atoms with van der Waals surface area (Å²) < 4.78 is 27.1. The van der Waals surface area contributed by atoms with Gasteiger partial charge in [-0.2, -0.15) is 0 Å². The highest BCUT2D eigenvalue weighted by Gasteiger charge is 2.30. The van der Waals surface area contributed by atoms with Gasteiger partial charge < -0.3 is 4.90 Å². The summed E-state index contributed by atoms with van der Waals surface area (Å²) in [6, 6.07) is 6.52. The lowest BCUT2D eigenvalue weighted by Gasteiger charge is -2.13. The second-order valence-corrected chi connectivity index (χ2v) is 7.23. The summed E-state index contributed by atoms with van der Waals surface area (Å²) in [5.41, 5.74) is 1.10. The van der Waals surface area contributed by atoms with Crippen LogP contribution in [0.1, 0.15) is 31.7 Å². The molecule has 20 heavy (non-hydrogen) atoms. The van der Waals surface area contributed by atoms with E-state index in [-0.39, 0.29) is 23.3 Å². The molecule has 6 heteroatoms. The van der Waals surface area contributed by atoms with E-state index in [1.807, 2.05) is 12.1 Å². The number of carbonyl (C=O) groups excluding carboxylic acids is 1. The minimum atomic E-state index is -3.56. The van der Waals surface area contributed by atoms with E-state index >= 15 is 0 Å². The Morgan fingerprint density at radius 2 is 1.85 bits per heavy atom. The highest BCUT2D eigenvalue weighted by atomic mass is 32.2. The van der Waals surface area contributed by atoms with E-state index in [4.69, 9.17) is 0 Å². The molecule has 0 aromatic heterocycles. The van der Waals surface area contributed by atoms with Crippen molar-refractivity contribution in [3.05, 3.63) is 29.8 Å². The molecule has 1 atom stereocenters. The molecule has 110 valence electrons. The Balaban J connectivity index is 2.12. The minimum Gasteiger partial charge on any atom is -0.344 e. The van der Waals surface area contributed by atoms with Gasteiger partial charge in [0.1, 0.15) is 0 Å². The molecule has 0 spiro atoms. The molecule has 1 aromatic rings. The standard InChI is InChI=1S/C14H20N2O3S/c1-10(2)11-4-6-13(7-5-11)20(18,19)15-12-8-14(17)16(3)9-12/h4-7,10,12,15H,8-9H2,1-3H3. The van der Waals surface area contributed by atoms with Gasteiger partial charge >= 0.3 is 0 Å². The Morgan fingerprint density at radius 3 is 2.30 bits per heavy atom. The van der Waals surface area contributed by atoms with E-state index in [9.17, 15) is 13.2 Å². The second kappa shape index (κ2) is 5.54. The second-order valence-electron chi connectivity index (χ2n) is 5.52. The normalized spacial score (nSPS) is 19.9. The van der Waals surface area contributed by atoms with Crippen LogP contribution in [0.3, 0.4) is 0 Å². The maximum absolute atomic E-state index is 12.2. The summed E-state index contributed by atoms with van der Waals surface area (Å²) in [5, 5.41) is 0. The van der Waals surface area contributed by atoms with Gasteiger partial charge in [-0.1, -0.05) is 26.0 Å². The molecule has 1 saturated heterocycles. The largest absolute Gasteiger partial charge is 0.344 e. The van der Waals surface area contributed by atoms with Crippen LogP contribution in [0.5, 0.6) is 0 Å². The first-order valence-corrected chi connectivity index (χ1v) is 8.14. The van der Waals surface area contributed by atoms with Crippen molar-refractivity contribution in [2.75, 3.05) is 13.6 Å². The molecular weight excluding hydrogens is 276 g/mol. The summed E-state index contributed by atoms with van der Waals surface area (Å²) in [7, 11) is -1.89. The van der Waals surface area contributed by atoms with E-state index in [1.165, 1.54) is 4.90 Å². The molecule has 1 aliphatic heterocycles. The van der Waals surface area contributed by atoms with E-state index in [1.54, 1.807) is 19.2 Å². The van der Waals surface area contributed by atoms with Gasteiger partial charge in [-0.3, -0.25) is 4.79 Å². The topological polar surface area (TPSA) is 66.5 Å². The zero-order valence-corrected chi connectivity index (χ0v) is 12.8. The third kappa shape index (κ3) is 3.19. The van der Waals surface area contributed by atoms with Crippen molar-refractivity contribution in [3.63, 3.8) is 0 Å². The molecule has 1 amide bonds. The van der Waals surface area contributed by atoms with E-state index in [0.29, 0.717) is 12.5 Å². The number of nitrogens with zero attached hydrogens (tertiary/aromatic N) is 1. The Kier molecular flexibility index (Phi) is 4.15. The zero-order valence-electron chi connectivity index (χ0n) is 12.0. The molecule has 0 aliphatic carbocycles. The number of sulfonamides is 1. The smallest absolute Gasteiger partial charge is 0.240 e. The summed E-state index contributed by atoms with van der Waals surface area (Å²) in [5.74, 6) is 0.327. The van der Waals surface area contributed by atoms with Gasteiger partial charge in [0.25, 0.3) is 0 Å². The van der Waals surface area contributed by atoms with Crippen LogP contribution >= 0.6 is 0 Å². The maximum Gasteiger partial charge on any atom is 0.240 e. The van der Waals surface area contributed by atoms with Crippen LogP contribution in [0.25, 0.3) is 0 Å². The molecule has 0 radical (unpaired) electrons. The molecule has 0 bridgehead atoms. The van der Waals surface area contributed by atoms with Crippen LogP contribution in [0.4, 0.5) is 0 Å². The average molecular weight is 296 g/mol. The molecule has 1 aliphatic rings. The van der Waals surface area contributed by atoms with E-state index in [0.717, 1.165) is 5.56 Å². The van der Waals surface area contributed by atoms with Crippen molar-refractivity contribution in [1.29, 1.82) is 0 Å². The molecule has 2 rings (SSSR count). The fourth-order valence-corrected chi connectivity index (χ4v) is 3.49. The molecule has 1 heterocycles. The summed E-state index contributed by atoms with van der Waals surface area (Å²) in [6.45, 7) is 4.53. The molecule has 1 N–H and O–H groups in total. The number of rotatable bonds is 4. The van der Waals surface area contributed by atoms with Crippen molar-refractivity contribution in [3.8, 4) is 0 Å². The van der Waals surface area contributed by atoms with Gasteiger partial charge in [0, 0.05) is 26.1 Å². The average Bonchev–Trinajstić information content (AvgIpc) is 2.67. The fourth-order valence-electron chi connectivity index (χ4n) is 2.26. The molecule has 1 unspecified atom stereocenters. The Hall–Kier alpha value is -1.40. The SMILES string of the molecule is CC(C)c1ccc(S(=O)(=O)NC2CC(=O)N(C)C2)cc1. The molecule has 0 saturated carbocycles. The molecule has 5 nitrogen and oxygen atoms in total. The lowest BCUT2D eigenvalue weighted by atomic mass is 10.0. The van der Waals surface area contributed by atoms with Crippen LogP contribution in [0.2, 0.25) is 0 Å². The zero-order chi connectivity index (χ0) is 14.9. The number of benzene rings is 1. The summed E-state index contributed by atoms with van der Waals surface area (Å²) in [6.07, 6.45) is 0.222. The van der Waals surface area contributed by atoms with Gasteiger partial charge in [0.05, 0.1) is 4.90 Å². The first-order chi connectivity index (χ1) is 9.29. The number of hydrogen-bond acceptors (Lipinski definition) is 3. The lowest BCUT2D eigenvalue weighted by molar-refractivity contribution is -0.126. The third-order valence-corrected chi connectivity index (χ3v) is 5.06. The van der Waals surface area contributed by atoms with Crippen LogP contribution < -0.4 is 4.72 Å². The van der Waals surface area contributed by atoms with Gasteiger partial charge in [0.2, 0.25) is 15.9 Å². The van der Waals surface area contributed by atoms with Crippen LogP contribution in [0, 0.1) is 0 Å². The van der Waals surface area contributed by atoms with E-state index in [2.05, 4.69) is 18.6 Å². The predicted octanol–water partition coefficient (Wildman–Crippen LogP) is 1.32. The molecule has 1 fully saturated rings. The summed E-state index contributed by atoms with van der Waals surface area (Å²) in [4.78, 5) is 13.2. The van der Waals surface area contributed by atoms with E-state index < -0.39 is 10.0 Å². The number of likely N-dealkylation sites (N-methyl/N-ethyl adjacent to an activating group) is 1. The minimum absolute atomic E-state index is 0.0344. The quantitative estimate of drug-likeness (QED) is 0.911. The van der Waals surface area contributed by atoms with Crippen LogP contribution in [-0.4, -0.2) is 38.9 Å². The molecular formula is C14H20N2O3S. The van der Waals surface area contributed by atoms with Crippen molar-refractivity contribution in [2.24, 2.45) is 0 Å². The summed E-state index contributed by atoms with van der Waals surface area (Å²) >= 11 is 0. The highest BCUT2D eigenvalue weighted by Crippen LogP contribution is 2.18. The monoisotopic (exact) mass is 296 g/mol. The first kappa shape index (κ1) is 15.0. The first-order valence-electron chi connectivity index (χ1n) is 6.66. The van der Waals surface area contributed by atoms with Crippen LogP contribution in [-0.2, 0) is 14.8 Å². The number of amides is 1. The Bertz CT molecular complexity index is 593. The van der Waals surface area contributed by atoms with Crippen molar-refractivity contribution < 1.29 is 13.2 Å². The number of nitrogens with one attached hydrogen (secondary N) is 1.